The van der Waals surface area contributed by atoms with Crippen LogP contribution in [-0.2, 0) is 13.0 Å². The SMILES string of the molecule is CC1CCN(CCc2nc(C3CC3)c(CO)s2)CC1. The van der Waals surface area contributed by atoms with Crippen molar-refractivity contribution < 1.29 is 5.11 Å². The van der Waals surface area contributed by atoms with Crippen molar-refractivity contribution in [3.8, 4) is 0 Å². The van der Waals surface area contributed by atoms with E-state index >= 15 is 0 Å². The number of nitrogens with zero attached hydrogens (tertiary/aromatic N) is 2. The second kappa shape index (κ2) is 5.90. The number of aromatic nitrogens is 1. The number of aliphatic hydroxyl groups is 1. The Kier molecular flexibility index (Phi) is 4.20. The van der Waals surface area contributed by atoms with E-state index in [-0.39, 0.29) is 6.61 Å². The predicted octanol–water partition coefficient (Wildman–Crippen LogP) is 2.79. The highest BCUT2D eigenvalue weighted by molar-refractivity contribution is 7.11. The van der Waals surface area contributed by atoms with E-state index in [4.69, 9.17) is 4.98 Å². The molecule has 3 rings (SSSR count). The fourth-order valence-electron chi connectivity index (χ4n) is 2.85. The zero-order chi connectivity index (χ0) is 13.2. The normalized spacial score (nSPS) is 22.0. The molecule has 0 spiro atoms. The van der Waals surface area contributed by atoms with Gasteiger partial charge < -0.3 is 10.0 Å². The molecule has 1 aliphatic heterocycles. The standard InChI is InChI=1S/C15H24N2OS/c1-11-4-7-17(8-5-11)9-6-14-16-15(12-2-3-12)13(10-18)19-14/h11-12,18H,2-10H2,1H3. The summed E-state index contributed by atoms with van der Waals surface area (Å²) in [7, 11) is 0. The van der Waals surface area contributed by atoms with Crippen molar-refractivity contribution in [3.05, 3.63) is 15.6 Å². The van der Waals surface area contributed by atoms with Gasteiger partial charge in [0.2, 0.25) is 0 Å². The second-order valence-corrected chi connectivity index (χ2v) is 7.29. The van der Waals surface area contributed by atoms with E-state index in [0.29, 0.717) is 5.92 Å². The summed E-state index contributed by atoms with van der Waals surface area (Å²) in [6.07, 6.45) is 6.26. The molecular weight excluding hydrogens is 256 g/mol. The molecule has 3 nitrogen and oxygen atoms in total. The molecule has 0 aromatic carbocycles. The van der Waals surface area contributed by atoms with Crippen molar-refractivity contribution >= 4 is 11.3 Å². The summed E-state index contributed by atoms with van der Waals surface area (Å²) in [5.74, 6) is 1.56. The van der Waals surface area contributed by atoms with E-state index in [1.54, 1.807) is 11.3 Å². The first-order valence-electron chi connectivity index (χ1n) is 7.58. The molecule has 1 saturated heterocycles. The first-order valence-corrected chi connectivity index (χ1v) is 8.39. The number of likely N-dealkylation sites (tertiary alicyclic amines) is 1. The third-order valence-electron chi connectivity index (χ3n) is 4.40. The van der Waals surface area contributed by atoms with Crippen LogP contribution >= 0.6 is 11.3 Å². The van der Waals surface area contributed by atoms with Gasteiger partial charge in [-0.05, 0) is 44.7 Å². The minimum atomic E-state index is 0.171. The zero-order valence-electron chi connectivity index (χ0n) is 11.8. The lowest BCUT2D eigenvalue weighted by molar-refractivity contribution is 0.194. The fraction of sp³-hybridized carbons (Fsp3) is 0.800. The van der Waals surface area contributed by atoms with Crippen molar-refractivity contribution in [2.45, 2.75) is 51.6 Å². The summed E-state index contributed by atoms with van der Waals surface area (Å²) >= 11 is 1.73. The van der Waals surface area contributed by atoms with Crippen LogP contribution in [0.4, 0.5) is 0 Å². The van der Waals surface area contributed by atoms with E-state index in [0.717, 1.165) is 23.8 Å². The molecule has 1 aromatic rings. The molecule has 1 N–H and O–H groups in total. The van der Waals surface area contributed by atoms with Gasteiger partial charge >= 0.3 is 0 Å². The van der Waals surface area contributed by atoms with Crippen LogP contribution in [0.25, 0.3) is 0 Å². The highest BCUT2D eigenvalue weighted by Crippen LogP contribution is 2.42. The summed E-state index contributed by atoms with van der Waals surface area (Å²) in [4.78, 5) is 8.46. The third-order valence-corrected chi connectivity index (χ3v) is 5.51. The molecule has 0 bridgehead atoms. The van der Waals surface area contributed by atoms with Gasteiger partial charge in [0, 0.05) is 18.9 Å². The van der Waals surface area contributed by atoms with Gasteiger partial charge in [-0.1, -0.05) is 6.92 Å². The third kappa shape index (κ3) is 3.36. The van der Waals surface area contributed by atoms with Crippen molar-refractivity contribution in [1.29, 1.82) is 0 Å². The van der Waals surface area contributed by atoms with Crippen molar-refractivity contribution in [2.75, 3.05) is 19.6 Å². The predicted molar refractivity (Wildman–Crippen MR) is 78.6 cm³/mol. The molecule has 4 heteroatoms. The van der Waals surface area contributed by atoms with Crippen LogP contribution in [0, 0.1) is 5.92 Å². The van der Waals surface area contributed by atoms with E-state index in [1.165, 1.54) is 49.5 Å². The van der Waals surface area contributed by atoms with E-state index in [2.05, 4.69) is 11.8 Å². The number of hydrogen-bond acceptors (Lipinski definition) is 4. The Morgan fingerprint density at radius 1 is 1.26 bits per heavy atom. The Labute approximate surface area is 119 Å². The van der Waals surface area contributed by atoms with Gasteiger partial charge in [-0.3, -0.25) is 0 Å². The average Bonchev–Trinajstić information content (AvgIpc) is 3.19. The van der Waals surface area contributed by atoms with Crippen molar-refractivity contribution in [3.63, 3.8) is 0 Å². The molecule has 106 valence electrons. The molecule has 0 unspecified atom stereocenters. The molecule has 0 amide bonds. The summed E-state index contributed by atoms with van der Waals surface area (Å²) in [6, 6.07) is 0. The first kappa shape index (κ1) is 13.5. The lowest BCUT2D eigenvalue weighted by Gasteiger charge is -2.29. The van der Waals surface area contributed by atoms with Crippen LogP contribution in [0.1, 0.15) is 54.1 Å². The summed E-state index contributed by atoms with van der Waals surface area (Å²) in [5, 5.41) is 10.6. The van der Waals surface area contributed by atoms with Crippen molar-refractivity contribution in [1.82, 2.24) is 9.88 Å². The molecular formula is C15H24N2OS. The topological polar surface area (TPSA) is 36.4 Å². The number of thiazole rings is 1. The lowest BCUT2D eigenvalue weighted by atomic mass is 9.99. The minimum Gasteiger partial charge on any atom is -0.391 e. The maximum absolute atomic E-state index is 9.41. The number of rotatable bonds is 5. The highest BCUT2D eigenvalue weighted by Gasteiger charge is 2.29. The van der Waals surface area contributed by atoms with Gasteiger partial charge in [0.05, 0.1) is 22.2 Å². The maximum atomic E-state index is 9.41. The average molecular weight is 280 g/mol. The maximum Gasteiger partial charge on any atom is 0.0944 e. The summed E-state index contributed by atoms with van der Waals surface area (Å²) < 4.78 is 0. The number of aliphatic hydroxyl groups excluding tert-OH is 1. The second-order valence-electron chi connectivity index (χ2n) is 6.12. The Hall–Kier alpha value is -0.450. The van der Waals surface area contributed by atoms with Gasteiger partial charge in [-0.25, -0.2) is 4.98 Å². The van der Waals surface area contributed by atoms with Crippen LogP contribution < -0.4 is 0 Å². The van der Waals surface area contributed by atoms with E-state index < -0.39 is 0 Å². The van der Waals surface area contributed by atoms with Gasteiger partial charge in [0.1, 0.15) is 0 Å². The number of hydrogen-bond donors (Lipinski definition) is 1. The molecule has 1 saturated carbocycles. The monoisotopic (exact) mass is 280 g/mol. The smallest absolute Gasteiger partial charge is 0.0944 e. The molecule has 0 radical (unpaired) electrons. The molecule has 2 aliphatic rings. The molecule has 19 heavy (non-hydrogen) atoms. The van der Waals surface area contributed by atoms with Crippen molar-refractivity contribution in [2.24, 2.45) is 5.92 Å². The molecule has 1 aliphatic carbocycles. The van der Waals surface area contributed by atoms with Crippen LogP contribution in [0.3, 0.4) is 0 Å². The molecule has 1 aromatic heterocycles. The van der Waals surface area contributed by atoms with Crippen LogP contribution in [0.5, 0.6) is 0 Å². The quantitative estimate of drug-likeness (QED) is 0.901. The Bertz CT molecular complexity index is 420. The van der Waals surface area contributed by atoms with E-state index in [1.807, 2.05) is 0 Å². The molecule has 2 heterocycles. The number of piperidine rings is 1. The zero-order valence-corrected chi connectivity index (χ0v) is 12.6. The summed E-state index contributed by atoms with van der Waals surface area (Å²) in [5.41, 5.74) is 1.20. The lowest BCUT2D eigenvalue weighted by Crippen LogP contribution is -2.34. The molecule has 0 atom stereocenters. The minimum absolute atomic E-state index is 0.171. The van der Waals surface area contributed by atoms with Crippen LogP contribution in [0.15, 0.2) is 0 Å². The highest BCUT2D eigenvalue weighted by atomic mass is 32.1. The Balaban J connectivity index is 1.55. The Morgan fingerprint density at radius 3 is 2.63 bits per heavy atom. The van der Waals surface area contributed by atoms with Gasteiger partial charge in [0.25, 0.3) is 0 Å². The van der Waals surface area contributed by atoms with Crippen LogP contribution in [0.2, 0.25) is 0 Å². The van der Waals surface area contributed by atoms with Gasteiger partial charge in [0.15, 0.2) is 0 Å². The van der Waals surface area contributed by atoms with Crippen LogP contribution in [-0.4, -0.2) is 34.6 Å². The Morgan fingerprint density at radius 2 is 2.00 bits per heavy atom. The van der Waals surface area contributed by atoms with Gasteiger partial charge in [-0.2, -0.15) is 0 Å². The first-order chi connectivity index (χ1) is 9.26. The van der Waals surface area contributed by atoms with Gasteiger partial charge in [-0.15, -0.1) is 11.3 Å². The molecule has 2 fully saturated rings. The summed E-state index contributed by atoms with van der Waals surface area (Å²) in [6.45, 7) is 6.15. The fourth-order valence-corrected chi connectivity index (χ4v) is 3.85. The van der Waals surface area contributed by atoms with E-state index in [9.17, 15) is 5.11 Å². The largest absolute Gasteiger partial charge is 0.391 e.